The molecule has 3 heteroatoms. The molecule has 0 saturated carbocycles. The number of rotatable bonds is 1. The lowest BCUT2D eigenvalue weighted by Crippen LogP contribution is -2.42. The third-order valence-corrected chi connectivity index (χ3v) is 2.00. The fourth-order valence-corrected chi connectivity index (χ4v) is 1.56. The van der Waals surface area contributed by atoms with E-state index < -0.39 is 0 Å². The summed E-state index contributed by atoms with van der Waals surface area (Å²) in [5, 5.41) is 7.01. The Morgan fingerprint density at radius 1 is 1.13 bits per heavy atom. The second kappa shape index (κ2) is 4.62. The van der Waals surface area contributed by atoms with Crippen LogP contribution in [0.5, 0.6) is 0 Å². The number of hydrogen-bond acceptors (Lipinski definition) is 1. The molecule has 0 unspecified atom stereocenters. The van der Waals surface area contributed by atoms with Gasteiger partial charge in [0, 0.05) is 11.2 Å². The van der Waals surface area contributed by atoms with Crippen molar-refractivity contribution in [2.45, 2.75) is 33.2 Å². The van der Waals surface area contributed by atoms with E-state index in [1.54, 1.807) is 0 Å². The molecule has 0 fully saturated rings. The summed E-state index contributed by atoms with van der Waals surface area (Å²) in [5.74, 6) is 0. The van der Waals surface area contributed by atoms with Gasteiger partial charge in [-0.1, -0.05) is 17.7 Å². The third kappa shape index (κ3) is 4.79. The van der Waals surface area contributed by atoms with Crippen molar-refractivity contribution in [3.63, 3.8) is 0 Å². The number of nitrogens with one attached hydrogen (secondary N) is 2. The molecule has 2 nitrogen and oxygen atoms in total. The summed E-state index contributed by atoms with van der Waals surface area (Å²) in [5.41, 5.74) is 2.26. The van der Waals surface area contributed by atoms with Crippen LogP contribution in [0.1, 0.15) is 26.3 Å². The first-order valence-corrected chi connectivity index (χ1v) is 5.43. The second-order valence-corrected chi connectivity index (χ2v) is 5.10. The molecule has 15 heavy (non-hydrogen) atoms. The molecule has 0 radical (unpaired) electrons. The molecule has 1 aromatic carbocycles. The molecule has 0 heterocycles. The Morgan fingerprint density at radius 3 is 2.13 bits per heavy atom. The zero-order valence-corrected chi connectivity index (χ0v) is 10.5. The first kappa shape index (κ1) is 12.0. The standard InChI is InChI=1S/C12H18N2S/c1-9-5-7-10(8-6-9)13-11(15)14-12(2,3)4/h5-8H,1-4H3,(H2,13,14,15). The van der Waals surface area contributed by atoms with E-state index in [0.717, 1.165) is 5.69 Å². The van der Waals surface area contributed by atoms with E-state index in [1.807, 2.05) is 12.1 Å². The summed E-state index contributed by atoms with van der Waals surface area (Å²) in [6, 6.07) is 8.15. The zero-order valence-electron chi connectivity index (χ0n) is 9.72. The van der Waals surface area contributed by atoms with Crippen LogP contribution >= 0.6 is 12.2 Å². The summed E-state index contributed by atoms with van der Waals surface area (Å²) in [4.78, 5) is 0. The normalized spacial score (nSPS) is 10.9. The Hall–Kier alpha value is -1.09. The zero-order chi connectivity index (χ0) is 11.5. The molecule has 0 atom stereocenters. The van der Waals surface area contributed by atoms with E-state index in [4.69, 9.17) is 12.2 Å². The quantitative estimate of drug-likeness (QED) is 0.714. The number of thiocarbonyl (C=S) groups is 1. The van der Waals surface area contributed by atoms with E-state index in [9.17, 15) is 0 Å². The molecule has 0 aliphatic heterocycles. The van der Waals surface area contributed by atoms with Gasteiger partial charge in [0.25, 0.3) is 0 Å². The van der Waals surface area contributed by atoms with Crippen molar-refractivity contribution >= 4 is 23.0 Å². The first-order chi connectivity index (χ1) is 6.87. The summed E-state index contributed by atoms with van der Waals surface area (Å²) < 4.78 is 0. The number of hydrogen-bond donors (Lipinski definition) is 2. The molecule has 0 saturated heterocycles. The minimum atomic E-state index is -0.00518. The van der Waals surface area contributed by atoms with Gasteiger partial charge < -0.3 is 10.6 Å². The molecule has 0 amide bonds. The minimum absolute atomic E-state index is 0.00518. The Bertz CT molecular complexity index is 336. The van der Waals surface area contributed by atoms with Crippen molar-refractivity contribution in [1.82, 2.24) is 5.32 Å². The lowest BCUT2D eigenvalue weighted by molar-refractivity contribution is 0.515. The van der Waals surface area contributed by atoms with Gasteiger partial charge in [-0.15, -0.1) is 0 Å². The van der Waals surface area contributed by atoms with Crippen LogP contribution in [0.4, 0.5) is 5.69 Å². The number of anilines is 1. The lowest BCUT2D eigenvalue weighted by Gasteiger charge is -2.23. The fraction of sp³-hybridized carbons (Fsp3) is 0.417. The van der Waals surface area contributed by atoms with Crippen LogP contribution < -0.4 is 10.6 Å². The lowest BCUT2D eigenvalue weighted by atomic mass is 10.1. The van der Waals surface area contributed by atoms with E-state index in [-0.39, 0.29) is 5.54 Å². The smallest absolute Gasteiger partial charge is 0.171 e. The van der Waals surface area contributed by atoms with Crippen LogP contribution in [0.25, 0.3) is 0 Å². The van der Waals surface area contributed by atoms with Gasteiger partial charge in [-0.05, 0) is 52.0 Å². The van der Waals surface area contributed by atoms with Gasteiger partial charge in [-0.25, -0.2) is 0 Å². The maximum Gasteiger partial charge on any atom is 0.171 e. The Kier molecular flexibility index (Phi) is 3.69. The van der Waals surface area contributed by atoms with E-state index in [1.165, 1.54) is 5.56 Å². The molecule has 0 bridgehead atoms. The van der Waals surface area contributed by atoms with Crippen molar-refractivity contribution in [2.24, 2.45) is 0 Å². The van der Waals surface area contributed by atoms with Gasteiger partial charge >= 0.3 is 0 Å². The van der Waals surface area contributed by atoms with E-state index in [0.29, 0.717) is 5.11 Å². The highest BCUT2D eigenvalue weighted by atomic mass is 32.1. The monoisotopic (exact) mass is 222 g/mol. The average molecular weight is 222 g/mol. The highest BCUT2D eigenvalue weighted by molar-refractivity contribution is 7.80. The topological polar surface area (TPSA) is 24.1 Å². The molecule has 1 aromatic rings. The van der Waals surface area contributed by atoms with E-state index >= 15 is 0 Å². The van der Waals surface area contributed by atoms with Gasteiger partial charge in [0.1, 0.15) is 0 Å². The molecule has 0 spiro atoms. The number of aryl methyl sites for hydroxylation is 1. The molecule has 0 aliphatic carbocycles. The second-order valence-electron chi connectivity index (χ2n) is 4.70. The summed E-state index contributed by atoms with van der Waals surface area (Å²) >= 11 is 5.19. The minimum Gasteiger partial charge on any atom is -0.358 e. The Labute approximate surface area is 97.1 Å². The van der Waals surface area contributed by atoms with Crippen LogP contribution in [0.2, 0.25) is 0 Å². The first-order valence-electron chi connectivity index (χ1n) is 5.03. The van der Waals surface area contributed by atoms with Crippen LogP contribution in [0, 0.1) is 6.92 Å². The van der Waals surface area contributed by atoms with Crippen molar-refractivity contribution in [3.05, 3.63) is 29.8 Å². The van der Waals surface area contributed by atoms with Crippen molar-refractivity contribution < 1.29 is 0 Å². The van der Waals surface area contributed by atoms with Crippen molar-refractivity contribution in [2.75, 3.05) is 5.32 Å². The molecule has 0 aliphatic rings. The molecule has 82 valence electrons. The number of benzene rings is 1. The van der Waals surface area contributed by atoms with E-state index in [2.05, 4.69) is 50.5 Å². The third-order valence-electron chi connectivity index (χ3n) is 1.80. The van der Waals surface area contributed by atoms with Crippen molar-refractivity contribution in [1.29, 1.82) is 0 Å². The van der Waals surface area contributed by atoms with Crippen molar-refractivity contribution in [3.8, 4) is 0 Å². The highest BCUT2D eigenvalue weighted by Gasteiger charge is 2.10. The average Bonchev–Trinajstić information content (AvgIpc) is 2.05. The Balaban J connectivity index is 2.55. The van der Waals surface area contributed by atoms with Crippen LogP contribution in [-0.2, 0) is 0 Å². The summed E-state index contributed by atoms with van der Waals surface area (Å²) in [6.45, 7) is 8.30. The van der Waals surface area contributed by atoms with Gasteiger partial charge in [-0.3, -0.25) is 0 Å². The Morgan fingerprint density at radius 2 is 1.67 bits per heavy atom. The predicted octanol–water partition coefficient (Wildman–Crippen LogP) is 3.08. The SMILES string of the molecule is Cc1ccc(NC(=S)NC(C)(C)C)cc1. The van der Waals surface area contributed by atoms with Gasteiger partial charge in [-0.2, -0.15) is 0 Å². The highest BCUT2D eigenvalue weighted by Crippen LogP contribution is 2.09. The van der Waals surface area contributed by atoms with Gasteiger partial charge in [0.15, 0.2) is 5.11 Å². The maximum absolute atomic E-state index is 5.19. The molecular formula is C12H18N2S. The predicted molar refractivity (Wildman–Crippen MR) is 70.3 cm³/mol. The largest absolute Gasteiger partial charge is 0.358 e. The molecule has 1 rings (SSSR count). The summed E-state index contributed by atoms with van der Waals surface area (Å²) in [6.07, 6.45) is 0. The van der Waals surface area contributed by atoms with Crippen LogP contribution in [0.3, 0.4) is 0 Å². The molecule has 0 aromatic heterocycles. The summed E-state index contributed by atoms with van der Waals surface area (Å²) in [7, 11) is 0. The molecule has 2 N–H and O–H groups in total. The van der Waals surface area contributed by atoms with Gasteiger partial charge in [0.2, 0.25) is 0 Å². The maximum atomic E-state index is 5.19. The van der Waals surface area contributed by atoms with Crippen LogP contribution in [0.15, 0.2) is 24.3 Å². The molecular weight excluding hydrogens is 204 g/mol. The van der Waals surface area contributed by atoms with Gasteiger partial charge in [0.05, 0.1) is 0 Å². The fourth-order valence-electron chi connectivity index (χ4n) is 1.14. The van der Waals surface area contributed by atoms with Crippen LogP contribution in [-0.4, -0.2) is 10.7 Å².